The molecule has 0 spiro atoms. The summed E-state index contributed by atoms with van der Waals surface area (Å²) in [6.45, 7) is 0. The van der Waals surface area contributed by atoms with Crippen LogP contribution in [-0.4, -0.2) is 5.91 Å². The van der Waals surface area contributed by atoms with Crippen LogP contribution in [0.5, 0.6) is 0 Å². The van der Waals surface area contributed by atoms with E-state index < -0.39 is 5.41 Å². The monoisotopic (exact) mass is 349 g/mol. The second-order valence-corrected chi connectivity index (χ2v) is 6.35. The van der Waals surface area contributed by atoms with Crippen molar-refractivity contribution in [2.45, 2.75) is 18.3 Å². The summed E-state index contributed by atoms with van der Waals surface area (Å²) in [6.07, 6.45) is 1.69. The molecule has 4 heteroatoms. The highest BCUT2D eigenvalue weighted by Crippen LogP contribution is 2.51. The first-order valence-electron chi connectivity index (χ1n) is 6.44. The molecule has 0 aromatic heterocycles. The molecule has 0 aliphatic heterocycles. The zero-order valence-corrected chi connectivity index (χ0v) is 13.0. The highest BCUT2D eigenvalue weighted by molar-refractivity contribution is 9.10. The molecular weight excluding hydrogens is 338 g/mol. The van der Waals surface area contributed by atoms with E-state index in [9.17, 15) is 4.79 Å². The van der Waals surface area contributed by atoms with E-state index in [1.807, 2.05) is 48.5 Å². The summed E-state index contributed by atoms with van der Waals surface area (Å²) in [7, 11) is 0. The molecule has 1 fully saturated rings. The molecular formula is C16H13BrClNO. The molecule has 1 amide bonds. The molecule has 0 bridgehead atoms. The van der Waals surface area contributed by atoms with Crippen LogP contribution in [-0.2, 0) is 10.2 Å². The average Bonchev–Trinajstić information content (AvgIpc) is 3.21. The molecule has 3 rings (SSSR count). The lowest BCUT2D eigenvalue weighted by atomic mass is 9.95. The fraction of sp³-hybridized carbons (Fsp3) is 0.188. The molecule has 1 saturated carbocycles. The van der Waals surface area contributed by atoms with Crippen molar-refractivity contribution >= 4 is 39.1 Å². The lowest BCUT2D eigenvalue weighted by molar-refractivity contribution is -0.118. The number of benzene rings is 2. The normalized spacial score (nSPS) is 15.7. The number of hydrogen-bond donors (Lipinski definition) is 1. The molecule has 0 atom stereocenters. The maximum absolute atomic E-state index is 12.6. The minimum absolute atomic E-state index is 0.0173. The Bertz CT molecular complexity index is 667. The number of nitrogens with one attached hydrogen (secondary N) is 1. The van der Waals surface area contributed by atoms with Crippen molar-refractivity contribution in [2.24, 2.45) is 0 Å². The quantitative estimate of drug-likeness (QED) is 0.848. The summed E-state index contributed by atoms with van der Waals surface area (Å²) in [4.78, 5) is 12.6. The van der Waals surface area contributed by atoms with Crippen LogP contribution < -0.4 is 5.32 Å². The number of amides is 1. The Morgan fingerprint density at radius 3 is 2.55 bits per heavy atom. The van der Waals surface area contributed by atoms with Crippen molar-refractivity contribution in [3.05, 3.63) is 63.6 Å². The van der Waals surface area contributed by atoms with Crippen molar-refractivity contribution in [3.63, 3.8) is 0 Å². The topological polar surface area (TPSA) is 29.1 Å². The summed E-state index contributed by atoms with van der Waals surface area (Å²) < 4.78 is 0.942. The molecule has 0 radical (unpaired) electrons. The molecule has 0 unspecified atom stereocenters. The Hall–Kier alpha value is -1.32. The minimum Gasteiger partial charge on any atom is -0.325 e. The Morgan fingerprint density at radius 2 is 1.90 bits per heavy atom. The summed E-state index contributed by atoms with van der Waals surface area (Å²) >= 11 is 9.64. The van der Waals surface area contributed by atoms with Crippen LogP contribution in [0.2, 0.25) is 5.02 Å². The molecule has 2 aromatic rings. The van der Waals surface area contributed by atoms with Gasteiger partial charge in [0.15, 0.2) is 0 Å². The van der Waals surface area contributed by atoms with Gasteiger partial charge in [0, 0.05) is 15.2 Å². The molecule has 20 heavy (non-hydrogen) atoms. The van der Waals surface area contributed by atoms with Crippen LogP contribution in [0.25, 0.3) is 0 Å². The van der Waals surface area contributed by atoms with E-state index in [4.69, 9.17) is 11.6 Å². The molecule has 0 saturated heterocycles. The van der Waals surface area contributed by atoms with Crippen LogP contribution in [0.1, 0.15) is 18.4 Å². The van der Waals surface area contributed by atoms with E-state index in [0.29, 0.717) is 5.02 Å². The maximum Gasteiger partial charge on any atom is 0.235 e. The van der Waals surface area contributed by atoms with Gasteiger partial charge in [-0.1, -0.05) is 51.8 Å². The van der Waals surface area contributed by atoms with E-state index >= 15 is 0 Å². The van der Waals surface area contributed by atoms with Crippen molar-refractivity contribution < 1.29 is 4.79 Å². The molecule has 2 nitrogen and oxygen atoms in total. The van der Waals surface area contributed by atoms with E-state index in [2.05, 4.69) is 21.2 Å². The number of carbonyl (C=O) groups excluding carboxylic acids is 1. The largest absolute Gasteiger partial charge is 0.325 e. The SMILES string of the molecule is O=C(Nc1cccc(Br)c1)C1(c2ccccc2Cl)CC1. The first-order chi connectivity index (χ1) is 9.62. The van der Waals surface area contributed by atoms with Crippen LogP contribution in [0.15, 0.2) is 53.0 Å². The Labute approximate surface area is 131 Å². The van der Waals surface area contributed by atoms with Gasteiger partial charge in [0.2, 0.25) is 5.91 Å². The van der Waals surface area contributed by atoms with Gasteiger partial charge in [0.25, 0.3) is 0 Å². The first kappa shape index (κ1) is 13.7. The number of anilines is 1. The van der Waals surface area contributed by atoms with Crippen LogP contribution in [0, 0.1) is 0 Å². The van der Waals surface area contributed by atoms with Gasteiger partial charge in [-0.25, -0.2) is 0 Å². The van der Waals surface area contributed by atoms with E-state index in [1.54, 1.807) is 0 Å². The van der Waals surface area contributed by atoms with Crippen molar-refractivity contribution in [1.82, 2.24) is 0 Å². The van der Waals surface area contributed by atoms with Crippen LogP contribution in [0.3, 0.4) is 0 Å². The number of hydrogen-bond acceptors (Lipinski definition) is 1. The third kappa shape index (κ3) is 2.48. The van der Waals surface area contributed by atoms with Gasteiger partial charge in [0.05, 0.1) is 5.41 Å². The van der Waals surface area contributed by atoms with Crippen molar-refractivity contribution in [2.75, 3.05) is 5.32 Å². The van der Waals surface area contributed by atoms with Crippen molar-refractivity contribution in [3.8, 4) is 0 Å². The number of halogens is 2. The lowest BCUT2D eigenvalue weighted by Crippen LogP contribution is -2.28. The van der Waals surface area contributed by atoms with Gasteiger partial charge in [0.1, 0.15) is 0 Å². The highest BCUT2D eigenvalue weighted by atomic mass is 79.9. The smallest absolute Gasteiger partial charge is 0.235 e. The Morgan fingerprint density at radius 1 is 1.15 bits per heavy atom. The molecule has 0 heterocycles. The number of rotatable bonds is 3. The standard InChI is InChI=1S/C16H13BrClNO/c17-11-4-3-5-12(10-11)19-15(20)16(8-9-16)13-6-1-2-7-14(13)18/h1-7,10H,8-9H2,(H,19,20). The second kappa shape index (κ2) is 5.23. The Kier molecular flexibility index (Phi) is 3.57. The van der Waals surface area contributed by atoms with Gasteiger partial charge in [-0.05, 0) is 42.7 Å². The second-order valence-electron chi connectivity index (χ2n) is 5.03. The summed E-state index contributed by atoms with van der Waals surface area (Å²) in [5.74, 6) is 0.0173. The predicted molar refractivity (Wildman–Crippen MR) is 85.1 cm³/mol. The summed E-state index contributed by atoms with van der Waals surface area (Å²) in [6, 6.07) is 15.2. The first-order valence-corrected chi connectivity index (χ1v) is 7.61. The van der Waals surface area contributed by atoms with Gasteiger partial charge in [-0.15, -0.1) is 0 Å². The Balaban J connectivity index is 1.86. The summed E-state index contributed by atoms with van der Waals surface area (Å²) in [5.41, 5.74) is 1.26. The summed E-state index contributed by atoms with van der Waals surface area (Å²) in [5, 5.41) is 3.65. The third-order valence-electron chi connectivity index (χ3n) is 3.66. The molecule has 1 aliphatic carbocycles. The van der Waals surface area contributed by atoms with E-state index in [-0.39, 0.29) is 5.91 Å². The van der Waals surface area contributed by atoms with Crippen LogP contribution in [0.4, 0.5) is 5.69 Å². The van der Waals surface area contributed by atoms with Gasteiger partial charge < -0.3 is 5.32 Å². The fourth-order valence-electron chi connectivity index (χ4n) is 2.41. The lowest BCUT2D eigenvalue weighted by Gasteiger charge is -2.17. The van der Waals surface area contributed by atoms with E-state index in [0.717, 1.165) is 28.6 Å². The zero-order valence-electron chi connectivity index (χ0n) is 10.7. The van der Waals surface area contributed by atoms with Crippen molar-refractivity contribution in [1.29, 1.82) is 0 Å². The van der Waals surface area contributed by atoms with Gasteiger partial charge in [-0.2, -0.15) is 0 Å². The molecule has 1 aliphatic rings. The van der Waals surface area contributed by atoms with Gasteiger partial charge in [-0.3, -0.25) is 4.79 Å². The molecule has 1 N–H and O–H groups in total. The molecule has 2 aromatic carbocycles. The van der Waals surface area contributed by atoms with Gasteiger partial charge >= 0.3 is 0 Å². The highest BCUT2D eigenvalue weighted by Gasteiger charge is 2.52. The maximum atomic E-state index is 12.6. The minimum atomic E-state index is -0.458. The van der Waals surface area contributed by atoms with E-state index in [1.165, 1.54) is 0 Å². The average molecular weight is 351 g/mol. The fourth-order valence-corrected chi connectivity index (χ4v) is 3.13. The van der Waals surface area contributed by atoms with Crippen LogP contribution >= 0.6 is 27.5 Å². The number of carbonyl (C=O) groups is 1. The molecule has 102 valence electrons. The third-order valence-corrected chi connectivity index (χ3v) is 4.48. The predicted octanol–water partition coefficient (Wildman–Crippen LogP) is 4.77. The zero-order chi connectivity index (χ0) is 14.2.